The molecule has 24 heavy (non-hydrogen) atoms. The standard InChI is InChI=1S/C17H16N4O2S/c1-23-17(22)14-10-18-13(9-19-14)16-20-12-5-7-21(11-3-2-4-11)8-6-15(12)24-16/h2-4,9-10H,5-8H2,1H3. The molecule has 0 saturated heterocycles. The van der Waals surface area contributed by atoms with E-state index in [1.54, 1.807) is 17.5 Å². The van der Waals surface area contributed by atoms with Crippen LogP contribution in [-0.2, 0) is 17.6 Å². The van der Waals surface area contributed by atoms with Crippen molar-refractivity contribution in [1.82, 2.24) is 19.9 Å². The van der Waals surface area contributed by atoms with Crippen molar-refractivity contribution in [2.24, 2.45) is 0 Å². The van der Waals surface area contributed by atoms with Crippen LogP contribution in [0.5, 0.6) is 0 Å². The maximum Gasteiger partial charge on any atom is 0.358 e. The molecule has 0 spiro atoms. The molecule has 2 aliphatic rings. The van der Waals surface area contributed by atoms with Crippen molar-refractivity contribution in [3.05, 3.63) is 52.6 Å². The van der Waals surface area contributed by atoms with Crippen LogP contribution in [-0.4, -0.2) is 46.0 Å². The van der Waals surface area contributed by atoms with Gasteiger partial charge in [-0.1, -0.05) is 6.08 Å². The molecule has 0 amide bonds. The first-order valence-corrected chi connectivity index (χ1v) is 8.59. The first kappa shape index (κ1) is 15.0. The molecule has 6 nitrogen and oxygen atoms in total. The molecule has 0 fully saturated rings. The highest BCUT2D eigenvalue weighted by Gasteiger charge is 2.21. The lowest BCUT2D eigenvalue weighted by molar-refractivity contribution is 0.0593. The molecule has 0 radical (unpaired) electrons. The number of allylic oxidation sites excluding steroid dienone is 3. The largest absolute Gasteiger partial charge is 0.464 e. The molecule has 0 aromatic carbocycles. The zero-order valence-corrected chi connectivity index (χ0v) is 14.0. The molecular weight excluding hydrogens is 324 g/mol. The molecule has 122 valence electrons. The van der Waals surface area contributed by atoms with Crippen LogP contribution in [0.2, 0.25) is 0 Å². The normalized spacial score (nSPS) is 16.0. The lowest BCUT2D eigenvalue weighted by atomic mass is 10.2. The fraction of sp³-hybridized carbons (Fsp3) is 0.294. The summed E-state index contributed by atoms with van der Waals surface area (Å²) in [5.74, 6) is -0.483. The number of fused-ring (bicyclic) bond motifs is 1. The van der Waals surface area contributed by atoms with E-state index in [-0.39, 0.29) is 5.69 Å². The van der Waals surface area contributed by atoms with E-state index < -0.39 is 5.97 Å². The van der Waals surface area contributed by atoms with E-state index in [9.17, 15) is 4.79 Å². The van der Waals surface area contributed by atoms with Crippen LogP contribution in [0.4, 0.5) is 0 Å². The summed E-state index contributed by atoms with van der Waals surface area (Å²) >= 11 is 1.67. The van der Waals surface area contributed by atoms with E-state index in [2.05, 4.69) is 37.8 Å². The van der Waals surface area contributed by atoms with E-state index in [4.69, 9.17) is 4.98 Å². The number of nitrogens with zero attached hydrogens (tertiary/aromatic N) is 4. The molecule has 1 aliphatic carbocycles. The molecule has 2 aromatic heterocycles. The number of aromatic nitrogens is 3. The van der Waals surface area contributed by atoms with Crippen LogP contribution >= 0.6 is 11.3 Å². The minimum Gasteiger partial charge on any atom is -0.464 e. The highest BCUT2D eigenvalue weighted by atomic mass is 32.1. The Bertz CT molecular complexity index is 813. The second kappa shape index (κ2) is 6.16. The number of rotatable bonds is 3. The van der Waals surface area contributed by atoms with Crippen molar-refractivity contribution in [2.45, 2.75) is 12.8 Å². The van der Waals surface area contributed by atoms with Gasteiger partial charge in [0.2, 0.25) is 0 Å². The fourth-order valence-corrected chi connectivity index (χ4v) is 3.83. The van der Waals surface area contributed by atoms with Crippen LogP contribution in [0.15, 0.2) is 36.3 Å². The highest BCUT2D eigenvalue weighted by Crippen LogP contribution is 2.30. The molecule has 7 heteroatoms. The van der Waals surface area contributed by atoms with Crippen molar-refractivity contribution in [2.75, 3.05) is 20.2 Å². The van der Waals surface area contributed by atoms with Crippen LogP contribution in [0.3, 0.4) is 0 Å². The van der Waals surface area contributed by atoms with Crippen LogP contribution < -0.4 is 0 Å². The first-order valence-electron chi connectivity index (χ1n) is 7.77. The van der Waals surface area contributed by atoms with Gasteiger partial charge in [0.05, 0.1) is 25.2 Å². The minimum absolute atomic E-state index is 0.205. The smallest absolute Gasteiger partial charge is 0.358 e. The number of esters is 1. The van der Waals surface area contributed by atoms with E-state index >= 15 is 0 Å². The summed E-state index contributed by atoms with van der Waals surface area (Å²) in [7, 11) is 1.33. The SMILES string of the molecule is COC(=O)c1cnc(-c2nc3c(s2)CCN(C2=CC=C2)CC3)cn1. The number of thiazole rings is 1. The number of methoxy groups -OCH3 is 1. The second-order valence-electron chi connectivity index (χ2n) is 5.61. The summed E-state index contributed by atoms with van der Waals surface area (Å²) < 4.78 is 4.64. The average molecular weight is 340 g/mol. The Morgan fingerprint density at radius 2 is 2.08 bits per heavy atom. The minimum atomic E-state index is -0.483. The van der Waals surface area contributed by atoms with Gasteiger partial charge < -0.3 is 9.64 Å². The predicted molar refractivity (Wildman–Crippen MR) is 90.7 cm³/mol. The predicted octanol–water partition coefficient (Wildman–Crippen LogP) is 2.24. The van der Waals surface area contributed by atoms with E-state index in [1.807, 2.05) is 0 Å². The number of carbonyl (C=O) groups is 1. The zero-order valence-electron chi connectivity index (χ0n) is 13.2. The highest BCUT2D eigenvalue weighted by molar-refractivity contribution is 7.15. The molecule has 0 bridgehead atoms. The summed E-state index contributed by atoms with van der Waals surface area (Å²) in [5, 5.41) is 0.861. The summed E-state index contributed by atoms with van der Waals surface area (Å²) in [6, 6.07) is 0. The first-order chi connectivity index (χ1) is 11.7. The second-order valence-corrected chi connectivity index (χ2v) is 6.69. The van der Waals surface area contributed by atoms with Gasteiger partial charge in [0.15, 0.2) is 5.69 Å². The number of carbonyl (C=O) groups excluding carboxylic acids is 1. The number of hydrogen-bond acceptors (Lipinski definition) is 7. The van der Waals surface area contributed by atoms with Crippen molar-refractivity contribution in [1.29, 1.82) is 0 Å². The molecule has 0 unspecified atom stereocenters. The maximum absolute atomic E-state index is 11.4. The Morgan fingerprint density at radius 3 is 2.75 bits per heavy atom. The Labute approximate surface area is 143 Å². The molecular formula is C17H16N4O2S. The van der Waals surface area contributed by atoms with Gasteiger partial charge in [-0.25, -0.2) is 19.7 Å². The molecule has 1 aliphatic heterocycles. The van der Waals surface area contributed by atoms with Crippen LogP contribution in [0.1, 0.15) is 21.1 Å². The maximum atomic E-state index is 11.4. The molecule has 4 rings (SSSR count). The monoisotopic (exact) mass is 340 g/mol. The summed E-state index contributed by atoms with van der Waals surface area (Å²) in [6.07, 6.45) is 11.3. The summed E-state index contributed by atoms with van der Waals surface area (Å²) in [5.41, 5.74) is 3.37. The van der Waals surface area contributed by atoms with E-state index in [1.165, 1.54) is 23.9 Å². The van der Waals surface area contributed by atoms with Gasteiger partial charge in [-0.3, -0.25) is 0 Å². The van der Waals surface area contributed by atoms with Crippen LogP contribution in [0, 0.1) is 0 Å². The van der Waals surface area contributed by atoms with Gasteiger partial charge in [0.25, 0.3) is 0 Å². The van der Waals surface area contributed by atoms with E-state index in [0.29, 0.717) is 5.69 Å². The van der Waals surface area contributed by atoms with Crippen molar-refractivity contribution in [3.8, 4) is 10.7 Å². The summed E-state index contributed by atoms with van der Waals surface area (Å²) in [4.78, 5) is 28.3. The number of hydrogen-bond donors (Lipinski definition) is 0. The third-order valence-electron chi connectivity index (χ3n) is 4.17. The molecule has 0 saturated carbocycles. The van der Waals surface area contributed by atoms with Gasteiger partial charge in [-0.15, -0.1) is 11.3 Å². The van der Waals surface area contributed by atoms with E-state index in [0.717, 1.165) is 36.6 Å². The Hall–Kier alpha value is -2.54. The topological polar surface area (TPSA) is 68.2 Å². The molecule has 0 N–H and O–H groups in total. The molecule has 2 aromatic rings. The van der Waals surface area contributed by atoms with Crippen molar-refractivity contribution < 1.29 is 9.53 Å². The average Bonchev–Trinajstić information content (AvgIpc) is 2.89. The van der Waals surface area contributed by atoms with Gasteiger partial charge in [-0.2, -0.15) is 0 Å². The third kappa shape index (κ3) is 2.71. The van der Waals surface area contributed by atoms with Crippen molar-refractivity contribution >= 4 is 17.3 Å². The van der Waals surface area contributed by atoms with Crippen LogP contribution in [0.25, 0.3) is 10.7 Å². The van der Waals surface area contributed by atoms with Gasteiger partial charge in [-0.05, 0) is 12.2 Å². The van der Waals surface area contributed by atoms with Crippen molar-refractivity contribution in [3.63, 3.8) is 0 Å². The Morgan fingerprint density at radius 1 is 1.25 bits per heavy atom. The Balaban J connectivity index is 1.52. The molecule has 0 atom stereocenters. The molecule has 3 heterocycles. The zero-order chi connectivity index (χ0) is 16.5. The van der Waals surface area contributed by atoms with Gasteiger partial charge in [0, 0.05) is 36.5 Å². The Kier molecular flexibility index (Phi) is 3.86. The van der Waals surface area contributed by atoms with Gasteiger partial charge in [0.1, 0.15) is 10.7 Å². The number of ether oxygens (including phenoxy) is 1. The van der Waals surface area contributed by atoms with Gasteiger partial charge >= 0.3 is 5.97 Å². The quantitative estimate of drug-likeness (QED) is 0.798. The summed E-state index contributed by atoms with van der Waals surface area (Å²) in [6.45, 7) is 2.00. The lowest BCUT2D eigenvalue weighted by Gasteiger charge is -2.26. The fourth-order valence-electron chi connectivity index (χ4n) is 2.77. The lowest BCUT2D eigenvalue weighted by Crippen LogP contribution is -2.26. The third-order valence-corrected chi connectivity index (χ3v) is 5.35.